The third-order valence-electron chi connectivity index (χ3n) is 3.13. The molecule has 5 heteroatoms. The summed E-state index contributed by atoms with van der Waals surface area (Å²) >= 11 is 17.1. The quantitative estimate of drug-likeness (QED) is 0.672. The van der Waals surface area contributed by atoms with E-state index in [4.69, 9.17) is 28.6 Å². The summed E-state index contributed by atoms with van der Waals surface area (Å²) in [6.07, 6.45) is 0.742. The maximum atomic E-state index is 8.05. The summed E-state index contributed by atoms with van der Waals surface area (Å²) in [5.74, 6) is 0.227. The zero-order valence-corrected chi connectivity index (χ0v) is 13.1. The Morgan fingerprint density at radius 2 is 2.00 bits per heavy atom. The standard InChI is InChI=1S/C13H8BrCl2NS/c14-12-5-8-7(4-11(17)13(8)18-12)6-1-2-9(15)10(16)3-6/h1-3,5,7,17H,4H2. The molecule has 2 aromatic rings. The molecule has 0 saturated carbocycles. The molecule has 0 bridgehead atoms. The average molecular weight is 361 g/mol. The maximum Gasteiger partial charge on any atom is 0.0708 e. The molecule has 3 rings (SSSR count). The molecule has 1 aliphatic carbocycles. The van der Waals surface area contributed by atoms with Gasteiger partial charge in [0.25, 0.3) is 0 Å². The van der Waals surface area contributed by atoms with Crippen LogP contribution in [-0.2, 0) is 0 Å². The van der Waals surface area contributed by atoms with Crippen LogP contribution in [-0.4, -0.2) is 5.71 Å². The number of nitrogens with one attached hydrogen (secondary N) is 1. The molecule has 1 heterocycles. The molecule has 1 nitrogen and oxygen atoms in total. The number of rotatable bonds is 1. The molecule has 1 aliphatic rings. The second kappa shape index (κ2) is 4.64. The molecule has 0 fully saturated rings. The van der Waals surface area contributed by atoms with Crippen LogP contribution < -0.4 is 0 Å². The van der Waals surface area contributed by atoms with Crippen LogP contribution in [0.4, 0.5) is 0 Å². The second-order valence-corrected chi connectivity index (χ2v) is 7.49. The van der Waals surface area contributed by atoms with E-state index in [2.05, 4.69) is 22.0 Å². The van der Waals surface area contributed by atoms with Crippen molar-refractivity contribution in [3.8, 4) is 0 Å². The Hall–Kier alpha value is -0.350. The highest BCUT2D eigenvalue weighted by Gasteiger charge is 2.30. The molecule has 0 saturated heterocycles. The van der Waals surface area contributed by atoms with E-state index in [0.29, 0.717) is 15.8 Å². The molecule has 1 aromatic carbocycles. The van der Waals surface area contributed by atoms with Crippen LogP contribution in [0.5, 0.6) is 0 Å². The van der Waals surface area contributed by atoms with Gasteiger partial charge in [-0.05, 0) is 45.3 Å². The number of hydrogen-bond donors (Lipinski definition) is 1. The van der Waals surface area contributed by atoms with Crippen molar-refractivity contribution in [1.29, 1.82) is 5.41 Å². The lowest BCUT2D eigenvalue weighted by Gasteiger charge is -2.11. The van der Waals surface area contributed by atoms with Gasteiger partial charge in [0.2, 0.25) is 0 Å². The molecule has 0 spiro atoms. The molecule has 1 aromatic heterocycles. The fraction of sp³-hybridized carbons (Fsp3) is 0.154. The number of fused-ring (bicyclic) bond motifs is 1. The second-order valence-electron chi connectivity index (χ2n) is 4.24. The fourth-order valence-corrected chi connectivity index (χ4v) is 4.25. The predicted molar refractivity (Wildman–Crippen MR) is 81.8 cm³/mol. The highest BCUT2D eigenvalue weighted by molar-refractivity contribution is 9.11. The van der Waals surface area contributed by atoms with Crippen molar-refractivity contribution >= 4 is 56.2 Å². The highest BCUT2D eigenvalue weighted by atomic mass is 79.9. The first-order valence-electron chi connectivity index (χ1n) is 5.38. The van der Waals surface area contributed by atoms with Gasteiger partial charge in [-0.3, -0.25) is 0 Å². The first kappa shape index (κ1) is 12.7. The smallest absolute Gasteiger partial charge is 0.0708 e. The molecule has 0 amide bonds. The van der Waals surface area contributed by atoms with Crippen LogP contribution in [0, 0.1) is 5.41 Å². The Morgan fingerprint density at radius 3 is 2.72 bits per heavy atom. The van der Waals surface area contributed by atoms with Crippen molar-refractivity contribution in [3.05, 3.63) is 54.1 Å². The minimum absolute atomic E-state index is 0.227. The third kappa shape index (κ3) is 2.03. The number of halogens is 3. The molecule has 92 valence electrons. The van der Waals surface area contributed by atoms with Crippen molar-refractivity contribution in [2.75, 3.05) is 0 Å². The van der Waals surface area contributed by atoms with Crippen LogP contribution in [0.2, 0.25) is 10.0 Å². The summed E-state index contributed by atoms with van der Waals surface area (Å²) in [4.78, 5) is 1.08. The van der Waals surface area contributed by atoms with E-state index in [1.807, 2.05) is 18.2 Å². The van der Waals surface area contributed by atoms with E-state index < -0.39 is 0 Å². The molecule has 0 aliphatic heterocycles. The first-order chi connectivity index (χ1) is 8.56. The summed E-state index contributed by atoms with van der Waals surface area (Å²) in [6, 6.07) is 7.83. The largest absolute Gasteiger partial charge is 0.304 e. The Bertz CT molecular complexity index is 650. The van der Waals surface area contributed by atoms with E-state index >= 15 is 0 Å². The van der Waals surface area contributed by atoms with E-state index in [1.165, 1.54) is 5.56 Å². The Labute approximate surface area is 127 Å². The molecule has 1 atom stereocenters. The highest BCUT2D eigenvalue weighted by Crippen LogP contribution is 2.44. The number of benzene rings is 1. The van der Waals surface area contributed by atoms with E-state index in [9.17, 15) is 0 Å². The Kier molecular flexibility index (Phi) is 3.27. The molecular formula is C13H8BrCl2NS. The predicted octanol–water partition coefficient (Wildman–Crippen LogP) is 5.72. The summed E-state index contributed by atoms with van der Waals surface area (Å²) < 4.78 is 1.07. The molecule has 1 unspecified atom stereocenters. The zero-order chi connectivity index (χ0) is 12.9. The summed E-state index contributed by atoms with van der Waals surface area (Å²) in [5, 5.41) is 9.19. The Balaban J connectivity index is 2.08. The normalized spacial score (nSPS) is 18.2. The van der Waals surface area contributed by atoms with Gasteiger partial charge in [0.1, 0.15) is 0 Å². The van der Waals surface area contributed by atoms with E-state index in [1.54, 1.807) is 11.3 Å². The zero-order valence-electron chi connectivity index (χ0n) is 9.14. The van der Waals surface area contributed by atoms with Crippen molar-refractivity contribution in [3.63, 3.8) is 0 Å². The van der Waals surface area contributed by atoms with Crippen molar-refractivity contribution < 1.29 is 0 Å². The molecule has 18 heavy (non-hydrogen) atoms. The van der Waals surface area contributed by atoms with Crippen LogP contribution >= 0.6 is 50.5 Å². The minimum Gasteiger partial charge on any atom is -0.304 e. The minimum atomic E-state index is 0.227. The monoisotopic (exact) mass is 359 g/mol. The molecule has 0 radical (unpaired) electrons. The van der Waals surface area contributed by atoms with Gasteiger partial charge in [-0.1, -0.05) is 29.3 Å². The van der Waals surface area contributed by atoms with Gasteiger partial charge in [0.15, 0.2) is 0 Å². The number of thiophene rings is 1. The maximum absolute atomic E-state index is 8.05. The summed E-state index contributed by atoms with van der Waals surface area (Å²) in [5.41, 5.74) is 3.05. The lowest BCUT2D eigenvalue weighted by molar-refractivity contribution is 0.888. The van der Waals surface area contributed by atoms with Gasteiger partial charge in [0.05, 0.1) is 18.7 Å². The average Bonchev–Trinajstić information content (AvgIpc) is 2.83. The van der Waals surface area contributed by atoms with Gasteiger partial charge in [-0.2, -0.15) is 0 Å². The summed E-state index contributed by atoms with van der Waals surface area (Å²) in [6.45, 7) is 0. The van der Waals surface area contributed by atoms with Gasteiger partial charge in [-0.25, -0.2) is 0 Å². The summed E-state index contributed by atoms with van der Waals surface area (Å²) in [7, 11) is 0. The topological polar surface area (TPSA) is 23.9 Å². The lowest BCUT2D eigenvalue weighted by Crippen LogP contribution is -1.97. The third-order valence-corrected chi connectivity index (χ3v) is 5.59. The number of hydrogen-bond acceptors (Lipinski definition) is 2. The lowest BCUT2D eigenvalue weighted by atomic mass is 9.94. The van der Waals surface area contributed by atoms with Crippen LogP contribution in [0.25, 0.3) is 0 Å². The fourth-order valence-electron chi connectivity index (χ4n) is 2.30. The molecule has 1 N–H and O–H groups in total. The van der Waals surface area contributed by atoms with Crippen LogP contribution in [0.15, 0.2) is 28.1 Å². The van der Waals surface area contributed by atoms with Gasteiger partial charge < -0.3 is 5.41 Å². The first-order valence-corrected chi connectivity index (χ1v) is 7.75. The van der Waals surface area contributed by atoms with Crippen LogP contribution in [0.1, 0.15) is 28.3 Å². The Morgan fingerprint density at radius 1 is 1.22 bits per heavy atom. The van der Waals surface area contributed by atoms with Gasteiger partial charge in [0, 0.05) is 18.1 Å². The van der Waals surface area contributed by atoms with E-state index in [0.717, 1.165) is 20.6 Å². The van der Waals surface area contributed by atoms with Crippen molar-refractivity contribution in [2.45, 2.75) is 12.3 Å². The van der Waals surface area contributed by atoms with Crippen LogP contribution in [0.3, 0.4) is 0 Å². The van der Waals surface area contributed by atoms with E-state index in [-0.39, 0.29) is 5.92 Å². The van der Waals surface area contributed by atoms with Gasteiger partial charge in [-0.15, -0.1) is 11.3 Å². The van der Waals surface area contributed by atoms with Crippen molar-refractivity contribution in [1.82, 2.24) is 0 Å². The molecular weight excluding hydrogens is 353 g/mol. The van der Waals surface area contributed by atoms with Gasteiger partial charge >= 0.3 is 0 Å². The SMILES string of the molecule is N=C1CC(c2ccc(Cl)c(Cl)c2)c2cc(Br)sc21. The van der Waals surface area contributed by atoms with Crippen molar-refractivity contribution in [2.24, 2.45) is 0 Å².